The molecule has 2 aliphatic rings. The fraction of sp³-hybridized carbons (Fsp3) is 0.929. The highest BCUT2D eigenvalue weighted by molar-refractivity contribution is 5.68. The van der Waals surface area contributed by atoms with E-state index in [-0.39, 0.29) is 6.09 Å². The van der Waals surface area contributed by atoms with Gasteiger partial charge in [0.15, 0.2) is 0 Å². The Balaban J connectivity index is 0.000000341. The molecule has 1 atom stereocenters. The maximum atomic E-state index is 11.6. The van der Waals surface area contributed by atoms with Crippen LogP contribution in [0.5, 0.6) is 0 Å². The van der Waals surface area contributed by atoms with E-state index in [1.807, 2.05) is 20.8 Å². The molecule has 0 aromatic carbocycles. The molecule has 0 bridgehead atoms. The van der Waals surface area contributed by atoms with Crippen molar-refractivity contribution in [2.24, 2.45) is 0 Å². The van der Waals surface area contributed by atoms with Crippen LogP contribution in [0.25, 0.3) is 0 Å². The monoisotopic (exact) mass is 256 g/mol. The van der Waals surface area contributed by atoms with Crippen molar-refractivity contribution in [3.8, 4) is 0 Å². The SMILES string of the molecule is C1CCC1.CC1CN(C(=O)OC(C)(C)C)CCN1. The molecule has 1 unspecified atom stereocenters. The number of amides is 1. The van der Waals surface area contributed by atoms with Gasteiger partial charge in [0.05, 0.1) is 0 Å². The second kappa shape index (κ2) is 6.98. The Morgan fingerprint density at radius 3 is 2.17 bits per heavy atom. The van der Waals surface area contributed by atoms with E-state index in [0.717, 1.165) is 19.6 Å². The molecule has 1 saturated carbocycles. The van der Waals surface area contributed by atoms with Crippen LogP contribution in [0, 0.1) is 0 Å². The molecule has 4 nitrogen and oxygen atoms in total. The zero-order valence-electron chi connectivity index (χ0n) is 12.3. The summed E-state index contributed by atoms with van der Waals surface area (Å²) >= 11 is 0. The number of carbonyl (C=O) groups is 1. The fourth-order valence-electron chi connectivity index (χ4n) is 1.67. The number of rotatable bonds is 0. The number of ether oxygens (including phenoxy) is 1. The zero-order chi connectivity index (χ0) is 13.6. The van der Waals surface area contributed by atoms with E-state index in [0.29, 0.717) is 6.04 Å². The van der Waals surface area contributed by atoms with Gasteiger partial charge in [0.25, 0.3) is 0 Å². The summed E-state index contributed by atoms with van der Waals surface area (Å²) in [5, 5.41) is 3.28. The molecule has 0 aromatic heterocycles. The number of nitrogens with zero attached hydrogens (tertiary/aromatic N) is 1. The number of carbonyl (C=O) groups excluding carboxylic acids is 1. The van der Waals surface area contributed by atoms with E-state index < -0.39 is 5.60 Å². The molecule has 1 aliphatic carbocycles. The molecule has 0 radical (unpaired) electrons. The summed E-state index contributed by atoms with van der Waals surface area (Å²) in [4.78, 5) is 13.4. The molecule has 2 rings (SSSR count). The normalized spacial score (nSPS) is 23.6. The number of nitrogens with one attached hydrogen (secondary N) is 1. The summed E-state index contributed by atoms with van der Waals surface area (Å²) in [5.74, 6) is 0. The van der Waals surface area contributed by atoms with Crippen LogP contribution in [0.2, 0.25) is 0 Å². The first-order chi connectivity index (χ1) is 8.38. The lowest BCUT2D eigenvalue weighted by atomic mass is 10.0. The first-order valence-corrected chi connectivity index (χ1v) is 7.10. The van der Waals surface area contributed by atoms with Crippen molar-refractivity contribution in [3.63, 3.8) is 0 Å². The van der Waals surface area contributed by atoms with Crippen LogP contribution in [0.1, 0.15) is 53.4 Å². The van der Waals surface area contributed by atoms with Crippen LogP contribution in [-0.4, -0.2) is 42.3 Å². The lowest BCUT2D eigenvalue weighted by Crippen LogP contribution is -2.52. The van der Waals surface area contributed by atoms with E-state index >= 15 is 0 Å². The van der Waals surface area contributed by atoms with Crippen molar-refractivity contribution in [2.75, 3.05) is 19.6 Å². The standard InChI is InChI=1S/C10H20N2O2.C4H8/c1-8-7-12(6-5-11-8)9(13)14-10(2,3)4;1-2-4-3-1/h8,11H,5-7H2,1-4H3;1-4H2. The van der Waals surface area contributed by atoms with Crippen molar-refractivity contribution in [3.05, 3.63) is 0 Å². The molecule has 4 heteroatoms. The van der Waals surface area contributed by atoms with Gasteiger partial charge in [0.2, 0.25) is 0 Å². The average molecular weight is 256 g/mol. The third-order valence-electron chi connectivity index (χ3n) is 3.02. The molecule has 1 amide bonds. The van der Waals surface area contributed by atoms with Gasteiger partial charge in [-0.1, -0.05) is 25.7 Å². The van der Waals surface area contributed by atoms with Crippen LogP contribution in [0.3, 0.4) is 0 Å². The third-order valence-corrected chi connectivity index (χ3v) is 3.02. The third kappa shape index (κ3) is 6.24. The van der Waals surface area contributed by atoms with Crippen LogP contribution >= 0.6 is 0 Å². The Kier molecular flexibility index (Phi) is 5.93. The number of hydrogen-bond donors (Lipinski definition) is 1. The molecule has 1 aliphatic heterocycles. The number of piperazine rings is 1. The van der Waals surface area contributed by atoms with Crippen LogP contribution in [0.15, 0.2) is 0 Å². The van der Waals surface area contributed by atoms with Gasteiger partial charge < -0.3 is 15.0 Å². The van der Waals surface area contributed by atoms with Gasteiger partial charge in [-0.25, -0.2) is 4.79 Å². The summed E-state index contributed by atoms with van der Waals surface area (Å²) in [6.07, 6.45) is 5.80. The molecule has 2 fully saturated rings. The summed E-state index contributed by atoms with van der Waals surface area (Å²) in [6.45, 7) is 10.0. The van der Waals surface area contributed by atoms with Crippen molar-refractivity contribution in [1.82, 2.24) is 10.2 Å². The smallest absolute Gasteiger partial charge is 0.410 e. The summed E-state index contributed by atoms with van der Waals surface area (Å²) in [6, 6.07) is 0.358. The Hall–Kier alpha value is -0.770. The zero-order valence-corrected chi connectivity index (χ0v) is 12.3. The van der Waals surface area contributed by atoms with Gasteiger partial charge in [-0.2, -0.15) is 0 Å². The first kappa shape index (κ1) is 15.3. The number of hydrogen-bond acceptors (Lipinski definition) is 3. The maximum Gasteiger partial charge on any atom is 0.410 e. The quantitative estimate of drug-likeness (QED) is 0.724. The van der Waals surface area contributed by atoms with Crippen LogP contribution in [-0.2, 0) is 4.74 Å². The van der Waals surface area contributed by atoms with Crippen molar-refractivity contribution in [1.29, 1.82) is 0 Å². The molecule has 1 N–H and O–H groups in total. The van der Waals surface area contributed by atoms with Gasteiger partial charge in [0.1, 0.15) is 5.60 Å². The summed E-state index contributed by atoms with van der Waals surface area (Å²) in [5.41, 5.74) is -0.398. The molecule has 0 spiro atoms. The summed E-state index contributed by atoms with van der Waals surface area (Å²) in [7, 11) is 0. The fourth-order valence-corrected chi connectivity index (χ4v) is 1.67. The summed E-state index contributed by atoms with van der Waals surface area (Å²) < 4.78 is 5.28. The topological polar surface area (TPSA) is 41.6 Å². The highest BCUT2D eigenvalue weighted by Crippen LogP contribution is 2.15. The molecule has 106 valence electrons. The minimum atomic E-state index is -0.398. The molecule has 1 heterocycles. The second-order valence-electron chi connectivity index (χ2n) is 6.20. The van der Waals surface area contributed by atoms with E-state index in [1.165, 1.54) is 25.7 Å². The Morgan fingerprint density at radius 1 is 1.22 bits per heavy atom. The largest absolute Gasteiger partial charge is 0.444 e. The van der Waals surface area contributed by atoms with Crippen molar-refractivity contribution >= 4 is 6.09 Å². The minimum Gasteiger partial charge on any atom is -0.444 e. The van der Waals surface area contributed by atoms with E-state index in [4.69, 9.17) is 4.74 Å². The molecular formula is C14H28N2O2. The van der Waals surface area contributed by atoms with E-state index in [1.54, 1.807) is 4.90 Å². The minimum absolute atomic E-state index is 0.203. The predicted octanol–water partition coefficient (Wildman–Crippen LogP) is 2.78. The molecule has 0 aromatic rings. The van der Waals surface area contributed by atoms with Gasteiger partial charge in [-0.3, -0.25) is 0 Å². The van der Waals surface area contributed by atoms with E-state index in [2.05, 4.69) is 12.2 Å². The Labute approximate surface area is 111 Å². The van der Waals surface area contributed by atoms with E-state index in [9.17, 15) is 4.79 Å². The van der Waals surface area contributed by atoms with Crippen LogP contribution in [0.4, 0.5) is 4.79 Å². The van der Waals surface area contributed by atoms with Crippen LogP contribution < -0.4 is 5.32 Å². The maximum absolute atomic E-state index is 11.6. The van der Waals surface area contributed by atoms with Gasteiger partial charge in [-0.15, -0.1) is 0 Å². The lowest BCUT2D eigenvalue weighted by Gasteiger charge is -2.33. The first-order valence-electron chi connectivity index (χ1n) is 7.10. The van der Waals surface area contributed by atoms with Crippen molar-refractivity contribution < 1.29 is 9.53 Å². The lowest BCUT2D eigenvalue weighted by molar-refractivity contribution is 0.0201. The Morgan fingerprint density at radius 2 is 1.78 bits per heavy atom. The molecular weight excluding hydrogens is 228 g/mol. The predicted molar refractivity (Wildman–Crippen MR) is 73.7 cm³/mol. The molecule has 18 heavy (non-hydrogen) atoms. The van der Waals surface area contributed by atoms with Gasteiger partial charge in [-0.05, 0) is 27.7 Å². The highest BCUT2D eigenvalue weighted by atomic mass is 16.6. The van der Waals surface area contributed by atoms with Gasteiger partial charge in [0, 0.05) is 25.7 Å². The Bertz CT molecular complexity index is 253. The molecule has 1 saturated heterocycles. The van der Waals surface area contributed by atoms with Gasteiger partial charge >= 0.3 is 6.09 Å². The average Bonchev–Trinajstić information content (AvgIpc) is 2.12. The van der Waals surface area contributed by atoms with Crippen molar-refractivity contribution in [2.45, 2.75) is 65.0 Å². The highest BCUT2D eigenvalue weighted by Gasteiger charge is 2.25. The second-order valence-corrected chi connectivity index (χ2v) is 6.20.